The molecule has 2 aliphatic heterocycles. The molecule has 1 aromatic rings. The van der Waals surface area contributed by atoms with Gasteiger partial charge in [-0.05, 0) is 49.7 Å². The molecule has 0 N–H and O–H groups in total. The minimum atomic E-state index is -0.440. The van der Waals surface area contributed by atoms with E-state index in [2.05, 4.69) is 15.9 Å². The van der Waals surface area contributed by atoms with Crippen LogP contribution in [-0.4, -0.2) is 28.5 Å². The summed E-state index contributed by atoms with van der Waals surface area (Å²) in [5.74, 6) is -0.546. The van der Waals surface area contributed by atoms with Crippen LogP contribution >= 0.6 is 28.1 Å². The van der Waals surface area contributed by atoms with E-state index in [1.54, 1.807) is 12.1 Å². The van der Waals surface area contributed by atoms with Crippen LogP contribution in [0.4, 0.5) is 10.1 Å². The van der Waals surface area contributed by atoms with E-state index in [-0.39, 0.29) is 17.6 Å². The third kappa shape index (κ3) is 2.07. The Labute approximate surface area is 124 Å². The largest absolute Gasteiger partial charge is 0.336 e. The number of benzene rings is 1. The van der Waals surface area contributed by atoms with Crippen molar-refractivity contribution >= 4 is 44.9 Å². The molecule has 0 aliphatic carbocycles. The summed E-state index contributed by atoms with van der Waals surface area (Å²) in [7, 11) is 0. The lowest BCUT2D eigenvalue weighted by atomic mass is 10.0. The fourth-order valence-corrected chi connectivity index (χ4v) is 3.41. The number of nitrogens with zero attached hydrogens (tertiary/aromatic N) is 2. The smallest absolute Gasteiger partial charge is 0.256 e. The van der Waals surface area contributed by atoms with Gasteiger partial charge < -0.3 is 4.90 Å². The number of rotatable bonds is 1. The van der Waals surface area contributed by atoms with Gasteiger partial charge in [-0.15, -0.1) is 0 Å². The van der Waals surface area contributed by atoms with Crippen LogP contribution in [0, 0.1) is 5.82 Å². The fourth-order valence-electron chi connectivity index (χ4n) is 2.67. The summed E-state index contributed by atoms with van der Waals surface area (Å²) in [6.45, 7) is 0.782. The molecule has 1 unspecified atom stereocenters. The quantitative estimate of drug-likeness (QED) is 0.733. The topological polar surface area (TPSA) is 23.6 Å². The van der Waals surface area contributed by atoms with Crippen LogP contribution in [0.3, 0.4) is 0 Å². The van der Waals surface area contributed by atoms with Gasteiger partial charge in [-0.1, -0.05) is 15.9 Å². The molecule has 6 heteroatoms. The van der Waals surface area contributed by atoms with E-state index in [1.165, 1.54) is 11.0 Å². The molecular formula is C13H12BrFN2OS. The number of thiocarbonyl (C=S) groups is 1. The number of amides is 1. The Morgan fingerprint density at radius 3 is 2.84 bits per heavy atom. The van der Waals surface area contributed by atoms with E-state index < -0.39 is 5.82 Å². The van der Waals surface area contributed by atoms with Crippen molar-refractivity contribution in [2.24, 2.45) is 0 Å². The number of anilines is 1. The van der Waals surface area contributed by atoms with Gasteiger partial charge in [0.15, 0.2) is 5.11 Å². The van der Waals surface area contributed by atoms with Crippen LogP contribution in [0.5, 0.6) is 0 Å². The molecule has 1 amide bonds. The molecule has 0 bridgehead atoms. The maximum Gasteiger partial charge on any atom is 0.256 e. The summed E-state index contributed by atoms with van der Waals surface area (Å²) in [6.07, 6.45) is 2.85. The van der Waals surface area contributed by atoms with Crippen molar-refractivity contribution in [3.63, 3.8) is 0 Å². The first-order chi connectivity index (χ1) is 9.09. The number of fused-ring (bicyclic) bond motifs is 1. The molecule has 3 rings (SSSR count). The standard InChI is InChI=1S/C13H12BrFN2OS/c14-8-4-5-10(9(15)7-8)17-12(18)11-3-1-2-6-16(11)13(17)19/h4-5,7,11H,1-3,6H2. The lowest BCUT2D eigenvalue weighted by molar-refractivity contribution is -0.120. The van der Waals surface area contributed by atoms with Crippen LogP contribution in [0.25, 0.3) is 0 Å². The molecule has 1 atom stereocenters. The molecule has 0 aromatic heterocycles. The molecular weight excluding hydrogens is 331 g/mol. The van der Waals surface area contributed by atoms with Crippen molar-refractivity contribution in [1.82, 2.24) is 4.90 Å². The Morgan fingerprint density at radius 1 is 1.37 bits per heavy atom. The number of halogens is 2. The summed E-state index contributed by atoms with van der Waals surface area (Å²) in [6, 6.07) is 4.44. The monoisotopic (exact) mass is 342 g/mol. The van der Waals surface area contributed by atoms with Gasteiger partial charge in [-0.2, -0.15) is 0 Å². The van der Waals surface area contributed by atoms with E-state index in [4.69, 9.17) is 12.2 Å². The number of piperidine rings is 1. The highest BCUT2D eigenvalue weighted by atomic mass is 79.9. The SMILES string of the molecule is O=C1C2CCCCN2C(=S)N1c1ccc(Br)cc1F. The van der Waals surface area contributed by atoms with Gasteiger partial charge in [0.25, 0.3) is 5.91 Å². The molecule has 19 heavy (non-hydrogen) atoms. The second kappa shape index (κ2) is 4.83. The normalized spacial score (nSPS) is 22.9. The Morgan fingerprint density at radius 2 is 2.16 bits per heavy atom. The van der Waals surface area contributed by atoms with Gasteiger partial charge in [0, 0.05) is 11.0 Å². The number of hydrogen-bond donors (Lipinski definition) is 0. The maximum atomic E-state index is 14.0. The highest BCUT2D eigenvalue weighted by Crippen LogP contribution is 2.33. The number of carbonyl (C=O) groups excluding carboxylic acids is 1. The third-order valence-electron chi connectivity index (χ3n) is 3.60. The lowest BCUT2D eigenvalue weighted by Crippen LogP contribution is -2.38. The summed E-state index contributed by atoms with van der Waals surface area (Å²) in [5, 5.41) is 0.427. The number of carbonyl (C=O) groups is 1. The average molecular weight is 343 g/mol. The fraction of sp³-hybridized carbons (Fsp3) is 0.385. The summed E-state index contributed by atoms with van der Waals surface area (Å²) in [5.41, 5.74) is 0.243. The van der Waals surface area contributed by atoms with Gasteiger partial charge in [-0.25, -0.2) is 4.39 Å². The molecule has 2 saturated heterocycles. The second-order valence-electron chi connectivity index (χ2n) is 4.76. The third-order valence-corrected chi connectivity index (χ3v) is 4.51. The Balaban J connectivity index is 2.00. The molecule has 3 nitrogen and oxygen atoms in total. The van der Waals surface area contributed by atoms with Gasteiger partial charge in [0.1, 0.15) is 11.9 Å². The van der Waals surface area contributed by atoms with E-state index >= 15 is 0 Å². The predicted molar refractivity (Wildman–Crippen MR) is 78.5 cm³/mol. The first kappa shape index (κ1) is 13.0. The summed E-state index contributed by atoms with van der Waals surface area (Å²) in [4.78, 5) is 15.7. The van der Waals surface area contributed by atoms with Gasteiger partial charge in [0.05, 0.1) is 5.69 Å². The summed E-state index contributed by atoms with van der Waals surface area (Å²) >= 11 is 8.55. The Hall–Kier alpha value is -1.01. The minimum absolute atomic E-state index is 0.106. The number of hydrogen-bond acceptors (Lipinski definition) is 2. The Kier molecular flexibility index (Phi) is 3.30. The molecule has 1 aromatic carbocycles. The van der Waals surface area contributed by atoms with Crippen molar-refractivity contribution in [2.45, 2.75) is 25.3 Å². The van der Waals surface area contributed by atoms with E-state index in [0.29, 0.717) is 9.59 Å². The van der Waals surface area contributed by atoms with Gasteiger partial charge in [-0.3, -0.25) is 9.69 Å². The molecule has 2 heterocycles. The first-order valence-corrected chi connectivity index (χ1v) is 7.39. The zero-order valence-electron chi connectivity index (χ0n) is 10.1. The zero-order chi connectivity index (χ0) is 13.6. The first-order valence-electron chi connectivity index (χ1n) is 6.19. The van der Waals surface area contributed by atoms with Crippen LogP contribution in [0.1, 0.15) is 19.3 Å². The zero-order valence-corrected chi connectivity index (χ0v) is 12.5. The van der Waals surface area contributed by atoms with E-state index in [9.17, 15) is 9.18 Å². The Bertz CT molecular complexity index is 542. The molecule has 100 valence electrons. The molecule has 0 radical (unpaired) electrons. The van der Waals surface area contributed by atoms with Gasteiger partial charge >= 0.3 is 0 Å². The van der Waals surface area contributed by atoms with Gasteiger partial charge in [0.2, 0.25) is 0 Å². The van der Waals surface area contributed by atoms with Crippen molar-refractivity contribution in [3.8, 4) is 0 Å². The van der Waals surface area contributed by atoms with Crippen LogP contribution in [0.15, 0.2) is 22.7 Å². The molecule has 2 aliphatic rings. The van der Waals surface area contributed by atoms with E-state index in [0.717, 1.165) is 25.8 Å². The van der Waals surface area contributed by atoms with Crippen LogP contribution in [0.2, 0.25) is 0 Å². The highest BCUT2D eigenvalue weighted by molar-refractivity contribution is 9.10. The second-order valence-corrected chi connectivity index (χ2v) is 6.04. The van der Waals surface area contributed by atoms with Crippen molar-refractivity contribution in [3.05, 3.63) is 28.5 Å². The average Bonchev–Trinajstić information content (AvgIpc) is 2.64. The predicted octanol–water partition coefficient (Wildman–Crippen LogP) is 3.07. The lowest BCUT2D eigenvalue weighted by Gasteiger charge is -2.27. The molecule has 0 spiro atoms. The highest BCUT2D eigenvalue weighted by Gasteiger charge is 2.44. The van der Waals surface area contributed by atoms with Crippen molar-refractivity contribution < 1.29 is 9.18 Å². The molecule has 0 saturated carbocycles. The van der Waals surface area contributed by atoms with Crippen LogP contribution < -0.4 is 4.90 Å². The maximum absolute atomic E-state index is 14.0. The van der Waals surface area contributed by atoms with Crippen molar-refractivity contribution in [2.75, 3.05) is 11.4 Å². The van der Waals surface area contributed by atoms with Crippen LogP contribution in [-0.2, 0) is 4.79 Å². The minimum Gasteiger partial charge on any atom is -0.336 e. The van der Waals surface area contributed by atoms with E-state index in [1.807, 2.05) is 4.90 Å². The molecule has 2 fully saturated rings. The summed E-state index contributed by atoms with van der Waals surface area (Å²) < 4.78 is 14.7. The van der Waals surface area contributed by atoms with Crippen molar-refractivity contribution in [1.29, 1.82) is 0 Å².